The van der Waals surface area contributed by atoms with Crippen LogP contribution in [0.5, 0.6) is 0 Å². The van der Waals surface area contributed by atoms with E-state index in [-0.39, 0.29) is 18.9 Å². The van der Waals surface area contributed by atoms with E-state index in [0.29, 0.717) is 6.54 Å². The maximum Gasteiger partial charge on any atom is 0.325 e. The summed E-state index contributed by atoms with van der Waals surface area (Å²) in [6, 6.07) is 0. The zero-order valence-corrected chi connectivity index (χ0v) is 11.0. The predicted octanol–water partition coefficient (Wildman–Crippen LogP) is 1.02. The van der Waals surface area contributed by atoms with Crippen molar-refractivity contribution in [1.82, 2.24) is 9.88 Å². The first kappa shape index (κ1) is 13.6. The minimum Gasteiger partial charge on any atom is -0.468 e. The number of aryl methyl sites for hydroxylation is 1. The largest absolute Gasteiger partial charge is 0.468 e. The second kappa shape index (κ2) is 6.34. The van der Waals surface area contributed by atoms with Gasteiger partial charge in [0.25, 0.3) is 0 Å². The van der Waals surface area contributed by atoms with Crippen molar-refractivity contribution >= 4 is 23.2 Å². The highest BCUT2D eigenvalue weighted by Gasteiger charge is 2.17. The van der Waals surface area contributed by atoms with Gasteiger partial charge in [-0.1, -0.05) is 0 Å². The Labute approximate surface area is 104 Å². The van der Waals surface area contributed by atoms with Crippen LogP contribution >= 0.6 is 11.3 Å². The van der Waals surface area contributed by atoms with E-state index in [1.165, 1.54) is 23.3 Å². The minimum atomic E-state index is -0.408. The quantitative estimate of drug-likeness (QED) is 0.738. The van der Waals surface area contributed by atoms with Crippen LogP contribution in [0.1, 0.15) is 17.6 Å². The number of methoxy groups -OCH3 is 1. The van der Waals surface area contributed by atoms with Crippen molar-refractivity contribution in [2.75, 3.05) is 20.2 Å². The Bertz CT molecular complexity index is 403. The van der Waals surface area contributed by atoms with E-state index in [1.54, 1.807) is 0 Å². The molecule has 1 amide bonds. The van der Waals surface area contributed by atoms with Crippen molar-refractivity contribution in [2.45, 2.75) is 20.3 Å². The van der Waals surface area contributed by atoms with E-state index in [4.69, 9.17) is 0 Å². The van der Waals surface area contributed by atoms with Gasteiger partial charge in [-0.05, 0) is 13.8 Å². The van der Waals surface area contributed by atoms with E-state index >= 15 is 0 Å². The third-order valence-corrected chi connectivity index (χ3v) is 3.10. The van der Waals surface area contributed by atoms with Gasteiger partial charge in [0.05, 0.1) is 24.2 Å². The number of thiazole rings is 1. The summed E-state index contributed by atoms with van der Waals surface area (Å²) in [6.45, 7) is 4.20. The van der Waals surface area contributed by atoms with Crippen LogP contribution in [0.15, 0.2) is 5.38 Å². The summed E-state index contributed by atoms with van der Waals surface area (Å²) in [4.78, 5) is 28.7. The maximum atomic E-state index is 11.9. The van der Waals surface area contributed by atoms with E-state index in [2.05, 4.69) is 9.72 Å². The number of aromatic nitrogens is 1. The first-order valence-corrected chi connectivity index (χ1v) is 6.20. The Morgan fingerprint density at radius 1 is 1.53 bits per heavy atom. The Morgan fingerprint density at radius 3 is 2.71 bits per heavy atom. The highest BCUT2D eigenvalue weighted by atomic mass is 32.1. The van der Waals surface area contributed by atoms with Gasteiger partial charge in [-0.2, -0.15) is 0 Å². The molecule has 94 valence electrons. The lowest BCUT2D eigenvalue weighted by molar-refractivity contribution is -0.146. The Kier molecular flexibility index (Phi) is 5.09. The number of amides is 1. The zero-order chi connectivity index (χ0) is 12.8. The topological polar surface area (TPSA) is 59.5 Å². The predicted molar refractivity (Wildman–Crippen MR) is 64.8 cm³/mol. The molecule has 0 N–H and O–H groups in total. The number of nitrogens with zero attached hydrogens (tertiary/aromatic N) is 2. The lowest BCUT2D eigenvalue weighted by Crippen LogP contribution is -2.37. The lowest BCUT2D eigenvalue weighted by Gasteiger charge is -2.18. The fraction of sp³-hybridized carbons (Fsp3) is 0.545. The Balaban J connectivity index is 2.57. The zero-order valence-electron chi connectivity index (χ0n) is 10.2. The van der Waals surface area contributed by atoms with Crippen LogP contribution in [-0.4, -0.2) is 42.0 Å². The van der Waals surface area contributed by atoms with Gasteiger partial charge in [-0.25, -0.2) is 4.98 Å². The molecule has 0 saturated heterocycles. The molecule has 0 radical (unpaired) electrons. The average Bonchev–Trinajstić information content (AvgIpc) is 2.70. The first-order chi connectivity index (χ1) is 8.06. The van der Waals surface area contributed by atoms with Crippen molar-refractivity contribution in [3.8, 4) is 0 Å². The SMILES string of the molecule is CCN(CC(=O)OC)C(=O)Cc1csc(C)n1. The molecule has 6 heteroatoms. The van der Waals surface area contributed by atoms with E-state index < -0.39 is 5.97 Å². The van der Waals surface area contributed by atoms with Crippen LogP contribution in [0.3, 0.4) is 0 Å². The van der Waals surface area contributed by atoms with Crippen molar-refractivity contribution in [3.05, 3.63) is 16.1 Å². The van der Waals surface area contributed by atoms with Crippen LogP contribution in [0.2, 0.25) is 0 Å². The van der Waals surface area contributed by atoms with Crippen LogP contribution in [0.25, 0.3) is 0 Å². The molecule has 0 spiro atoms. The fourth-order valence-electron chi connectivity index (χ4n) is 1.35. The number of ether oxygens (including phenoxy) is 1. The van der Waals surface area contributed by atoms with Gasteiger partial charge in [0.1, 0.15) is 6.54 Å². The number of carbonyl (C=O) groups excluding carboxylic acids is 2. The molecule has 0 fully saturated rings. The number of likely N-dealkylation sites (N-methyl/N-ethyl adjacent to an activating group) is 1. The van der Waals surface area contributed by atoms with E-state index in [1.807, 2.05) is 19.2 Å². The molecule has 0 aliphatic heterocycles. The normalized spacial score (nSPS) is 10.1. The molecule has 0 aliphatic rings. The third-order valence-electron chi connectivity index (χ3n) is 2.28. The number of rotatable bonds is 5. The molecule has 0 atom stereocenters. The molecule has 0 aromatic carbocycles. The summed E-state index contributed by atoms with van der Waals surface area (Å²) in [5.74, 6) is -0.516. The molecule has 17 heavy (non-hydrogen) atoms. The molecule has 1 rings (SSSR count). The molecular formula is C11H16N2O3S. The summed E-state index contributed by atoms with van der Waals surface area (Å²) < 4.78 is 4.54. The van der Waals surface area contributed by atoms with Crippen molar-refractivity contribution < 1.29 is 14.3 Å². The first-order valence-electron chi connectivity index (χ1n) is 5.32. The molecule has 0 saturated carbocycles. The summed E-state index contributed by atoms with van der Waals surface area (Å²) in [7, 11) is 1.31. The molecule has 1 heterocycles. The number of esters is 1. The van der Waals surface area contributed by atoms with Crippen molar-refractivity contribution in [3.63, 3.8) is 0 Å². The van der Waals surface area contributed by atoms with Crippen molar-refractivity contribution in [2.24, 2.45) is 0 Å². The van der Waals surface area contributed by atoms with Crippen LogP contribution in [-0.2, 0) is 20.7 Å². The lowest BCUT2D eigenvalue weighted by atomic mass is 10.3. The smallest absolute Gasteiger partial charge is 0.325 e. The van der Waals surface area contributed by atoms with Crippen LogP contribution < -0.4 is 0 Å². The molecule has 0 bridgehead atoms. The second-order valence-corrected chi connectivity index (χ2v) is 4.58. The van der Waals surface area contributed by atoms with Gasteiger partial charge < -0.3 is 9.64 Å². The molecule has 0 unspecified atom stereocenters. The summed E-state index contributed by atoms with van der Waals surface area (Å²) in [5, 5.41) is 2.79. The molecule has 5 nitrogen and oxygen atoms in total. The van der Waals surface area contributed by atoms with Crippen molar-refractivity contribution in [1.29, 1.82) is 0 Å². The summed E-state index contributed by atoms with van der Waals surface area (Å²) in [6.07, 6.45) is 0.231. The highest BCUT2D eigenvalue weighted by Crippen LogP contribution is 2.09. The van der Waals surface area contributed by atoms with E-state index in [9.17, 15) is 9.59 Å². The van der Waals surface area contributed by atoms with Gasteiger partial charge in [0, 0.05) is 11.9 Å². The minimum absolute atomic E-state index is 0.00501. The standard InChI is InChI=1S/C11H16N2O3S/c1-4-13(6-11(15)16-3)10(14)5-9-7-17-8(2)12-9/h7H,4-6H2,1-3H3. The third kappa shape index (κ3) is 4.14. The highest BCUT2D eigenvalue weighted by molar-refractivity contribution is 7.09. The monoisotopic (exact) mass is 256 g/mol. The van der Waals surface area contributed by atoms with Gasteiger partial charge in [0.15, 0.2) is 0 Å². The molecule has 0 aliphatic carbocycles. The van der Waals surface area contributed by atoms with Crippen LogP contribution in [0.4, 0.5) is 0 Å². The van der Waals surface area contributed by atoms with Gasteiger partial charge in [-0.15, -0.1) is 11.3 Å². The van der Waals surface area contributed by atoms with E-state index in [0.717, 1.165) is 10.7 Å². The maximum absolute atomic E-state index is 11.9. The second-order valence-electron chi connectivity index (χ2n) is 3.52. The molecular weight excluding hydrogens is 240 g/mol. The van der Waals surface area contributed by atoms with Gasteiger partial charge >= 0.3 is 5.97 Å². The number of hydrogen-bond acceptors (Lipinski definition) is 5. The number of carbonyl (C=O) groups is 2. The fourth-order valence-corrected chi connectivity index (χ4v) is 1.97. The molecule has 1 aromatic heterocycles. The summed E-state index contributed by atoms with van der Waals surface area (Å²) >= 11 is 1.51. The van der Waals surface area contributed by atoms with Crippen LogP contribution in [0, 0.1) is 6.92 Å². The Hall–Kier alpha value is -1.43. The molecule has 1 aromatic rings. The Morgan fingerprint density at radius 2 is 2.24 bits per heavy atom. The average molecular weight is 256 g/mol. The van der Waals surface area contributed by atoms with Gasteiger partial charge in [-0.3, -0.25) is 9.59 Å². The summed E-state index contributed by atoms with van der Waals surface area (Å²) in [5.41, 5.74) is 0.751. The number of hydrogen-bond donors (Lipinski definition) is 0. The van der Waals surface area contributed by atoms with Gasteiger partial charge in [0.2, 0.25) is 5.91 Å².